The molecule has 5 nitrogen and oxygen atoms in total. The lowest BCUT2D eigenvalue weighted by Crippen LogP contribution is -2.25. The standard InChI is InChI=1S/C18H24N2O3/c1-5-9-20-18(21)15(12-19)10-14-7-8-16(23-13(3)4)17(11-14)22-6-2/h7-8,10-11,13H,5-6,9H2,1-4H3,(H,20,21). The van der Waals surface area contributed by atoms with Gasteiger partial charge in [0.2, 0.25) is 0 Å². The van der Waals surface area contributed by atoms with Crippen LogP contribution in [0.3, 0.4) is 0 Å². The average Bonchev–Trinajstić information content (AvgIpc) is 2.52. The van der Waals surface area contributed by atoms with Crippen molar-refractivity contribution < 1.29 is 14.3 Å². The molecule has 0 saturated heterocycles. The molecule has 0 heterocycles. The van der Waals surface area contributed by atoms with Crippen molar-refractivity contribution in [1.82, 2.24) is 5.32 Å². The highest BCUT2D eigenvalue weighted by Crippen LogP contribution is 2.30. The van der Waals surface area contributed by atoms with Gasteiger partial charge in [-0.25, -0.2) is 0 Å². The highest BCUT2D eigenvalue weighted by Gasteiger charge is 2.11. The van der Waals surface area contributed by atoms with E-state index < -0.39 is 0 Å². The number of rotatable bonds is 8. The largest absolute Gasteiger partial charge is 0.490 e. The molecule has 1 aromatic carbocycles. The van der Waals surface area contributed by atoms with Crippen LogP contribution in [0.1, 0.15) is 39.7 Å². The molecule has 124 valence electrons. The van der Waals surface area contributed by atoms with Crippen molar-refractivity contribution >= 4 is 12.0 Å². The van der Waals surface area contributed by atoms with Gasteiger partial charge in [-0.3, -0.25) is 4.79 Å². The molecule has 0 aromatic heterocycles. The van der Waals surface area contributed by atoms with Crippen LogP contribution in [0.15, 0.2) is 23.8 Å². The van der Waals surface area contributed by atoms with E-state index in [1.54, 1.807) is 24.3 Å². The quantitative estimate of drug-likeness (QED) is 0.590. The van der Waals surface area contributed by atoms with Crippen molar-refractivity contribution in [1.29, 1.82) is 5.26 Å². The Morgan fingerprint density at radius 1 is 1.35 bits per heavy atom. The lowest BCUT2D eigenvalue weighted by atomic mass is 10.1. The predicted molar refractivity (Wildman–Crippen MR) is 90.3 cm³/mol. The maximum Gasteiger partial charge on any atom is 0.261 e. The fourth-order valence-electron chi connectivity index (χ4n) is 1.88. The summed E-state index contributed by atoms with van der Waals surface area (Å²) in [5, 5.41) is 11.9. The van der Waals surface area contributed by atoms with Gasteiger partial charge in [-0.1, -0.05) is 13.0 Å². The van der Waals surface area contributed by atoms with E-state index in [0.29, 0.717) is 30.2 Å². The van der Waals surface area contributed by atoms with Crippen LogP contribution in [0.2, 0.25) is 0 Å². The van der Waals surface area contributed by atoms with Gasteiger partial charge < -0.3 is 14.8 Å². The van der Waals surface area contributed by atoms with Gasteiger partial charge in [-0.05, 0) is 51.0 Å². The van der Waals surface area contributed by atoms with Crippen LogP contribution in [0.25, 0.3) is 6.08 Å². The Balaban J connectivity index is 3.07. The summed E-state index contributed by atoms with van der Waals surface area (Å²) in [6.07, 6.45) is 2.40. The van der Waals surface area contributed by atoms with Gasteiger partial charge in [-0.2, -0.15) is 5.26 Å². The van der Waals surface area contributed by atoms with Crippen LogP contribution < -0.4 is 14.8 Å². The minimum absolute atomic E-state index is 0.0325. The number of hydrogen-bond acceptors (Lipinski definition) is 4. The van der Waals surface area contributed by atoms with Crippen LogP contribution in [0.4, 0.5) is 0 Å². The number of benzene rings is 1. The van der Waals surface area contributed by atoms with Crippen LogP contribution in [0.5, 0.6) is 11.5 Å². The predicted octanol–water partition coefficient (Wildman–Crippen LogP) is 3.31. The van der Waals surface area contributed by atoms with E-state index in [1.165, 1.54) is 0 Å². The topological polar surface area (TPSA) is 71.4 Å². The van der Waals surface area contributed by atoms with E-state index in [9.17, 15) is 4.79 Å². The second kappa shape index (κ2) is 9.52. The van der Waals surface area contributed by atoms with Crippen molar-refractivity contribution in [2.75, 3.05) is 13.2 Å². The van der Waals surface area contributed by atoms with Crippen molar-refractivity contribution in [3.63, 3.8) is 0 Å². The molecular weight excluding hydrogens is 292 g/mol. The SMILES string of the molecule is CCCNC(=O)C(C#N)=Cc1ccc(OC(C)C)c(OCC)c1. The molecule has 23 heavy (non-hydrogen) atoms. The Kier molecular flexibility index (Phi) is 7.69. The molecule has 0 atom stereocenters. The van der Waals surface area contributed by atoms with E-state index in [-0.39, 0.29) is 17.6 Å². The molecular formula is C18H24N2O3. The molecule has 5 heteroatoms. The van der Waals surface area contributed by atoms with Gasteiger partial charge in [0.25, 0.3) is 5.91 Å². The number of carbonyl (C=O) groups is 1. The molecule has 0 fully saturated rings. The summed E-state index contributed by atoms with van der Waals surface area (Å²) >= 11 is 0. The van der Waals surface area contributed by atoms with Crippen molar-refractivity contribution in [3.8, 4) is 17.6 Å². The molecule has 1 rings (SSSR count). The molecule has 0 radical (unpaired) electrons. The van der Waals surface area contributed by atoms with Gasteiger partial charge in [-0.15, -0.1) is 0 Å². The first-order valence-corrected chi connectivity index (χ1v) is 7.85. The zero-order valence-corrected chi connectivity index (χ0v) is 14.2. The van der Waals surface area contributed by atoms with Gasteiger partial charge in [0.15, 0.2) is 11.5 Å². The first-order valence-electron chi connectivity index (χ1n) is 7.85. The molecule has 1 N–H and O–H groups in total. The van der Waals surface area contributed by atoms with Gasteiger partial charge >= 0.3 is 0 Å². The summed E-state index contributed by atoms with van der Waals surface area (Å²) in [6.45, 7) is 8.77. The number of hydrogen-bond donors (Lipinski definition) is 1. The Hall–Kier alpha value is -2.48. The normalized spacial score (nSPS) is 11.0. The van der Waals surface area contributed by atoms with E-state index in [2.05, 4.69) is 5.32 Å². The highest BCUT2D eigenvalue weighted by atomic mass is 16.5. The molecule has 0 unspecified atom stereocenters. The van der Waals surface area contributed by atoms with E-state index in [0.717, 1.165) is 6.42 Å². The monoisotopic (exact) mass is 316 g/mol. The maximum absolute atomic E-state index is 11.9. The molecule has 1 aromatic rings. The number of nitriles is 1. The summed E-state index contributed by atoms with van der Waals surface area (Å²) in [5.74, 6) is 0.879. The number of ether oxygens (including phenoxy) is 2. The van der Waals surface area contributed by atoms with E-state index >= 15 is 0 Å². The second-order valence-corrected chi connectivity index (χ2v) is 5.23. The fourth-order valence-corrected chi connectivity index (χ4v) is 1.88. The Morgan fingerprint density at radius 2 is 2.09 bits per heavy atom. The Labute approximate surface area is 137 Å². The van der Waals surface area contributed by atoms with Crippen LogP contribution in [0, 0.1) is 11.3 Å². The summed E-state index contributed by atoms with van der Waals surface area (Å²) in [4.78, 5) is 11.9. The summed E-state index contributed by atoms with van der Waals surface area (Å²) in [7, 11) is 0. The Morgan fingerprint density at radius 3 is 2.65 bits per heavy atom. The summed E-state index contributed by atoms with van der Waals surface area (Å²) in [5.41, 5.74) is 0.784. The van der Waals surface area contributed by atoms with Crippen LogP contribution >= 0.6 is 0 Å². The maximum atomic E-state index is 11.9. The lowest BCUT2D eigenvalue weighted by molar-refractivity contribution is -0.117. The average molecular weight is 316 g/mol. The minimum Gasteiger partial charge on any atom is -0.490 e. The number of nitrogens with one attached hydrogen (secondary N) is 1. The zero-order valence-electron chi connectivity index (χ0n) is 14.2. The third-order valence-corrected chi connectivity index (χ3v) is 2.84. The van der Waals surface area contributed by atoms with E-state index in [1.807, 2.05) is 33.8 Å². The zero-order chi connectivity index (χ0) is 17.2. The molecule has 0 spiro atoms. The highest BCUT2D eigenvalue weighted by molar-refractivity contribution is 6.01. The molecule has 1 amide bonds. The second-order valence-electron chi connectivity index (χ2n) is 5.23. The fraction of sp³-hybridized carbons (Fsp3) is 0.444. The van der Waals surface area contributed by atoms with E-state index in [4.69, 9.17) is 14.7 Å². The minimum atomic E-state index is -0.366. The lowest BCUT2D eigenvalue weighted by Gasteiger charge is -2.15. The van der Waals surface area contributed by atoms with Gasteiger partial charge in [0.1, 0.15) is 11.6 Å². The summed E-state index contributed by atoms with van der Waals surface area (Å²) < 4.78 is 11.3. The Bertz CT molecular complexity index is 601. The smallest absolute Gasteiger partial charge is 0.261 e. The number of nitrogens with zero attached hydrogens (tertiary/aromatic N) is 1. The molecule has 0 bridgehead atoms. The van der Waals surface area contributed by atoms with Crippen molar-refractivity contribution in [3.05, 3.63) is 29.3 Å². The molecule has 0 aliphatic rings. The third-order valence-electron chi connectivity index (χ3n) is 2.84. The van der Waals surface area contributed by atoms with Crippen molar-refractivity contribution in [2.45, 2.75) is 40.2 Å². The van der Waals surface area contributed by atoms with Crippen LogP contribution in [-0.4, -0.2) is 25.2 Å². The third kappa shape index (κ3) is 6.03. The van der Waals surface area contributed by atoms with Gasteiger partial charge in [0.05, 0.1) is 12.7 Å². The number of carbonyl (C=O) groups excluding carboxylic acids is 1. The molecule has 0 aliphatic carbocycles. The summed E-state index contributed by atoms with van der Waals surface area (Å²) in [6, 6.07) is 7.29. The van der Waals surface area contributed by atoms with Crippen LogP contribution in [-0.2, 0) is 4.79 Å². The van der Waals surface area contributed by atoms with Gasteiger partial charge in [0, 0.05) is 6.54 Å². The molecule has 0 saturated carbocycles. The molecule has 0 aliphatic heterocycles. The first kappa shape index (κ1) is 18.6. The first-order chi connectivity index (χ1) is 11.0. The van der Waals surface area contributed by atoms with Crippen molar-refractivity contribution in [2.24, 2.45) is 0 Å². The number of amides is 1.